The Balaban J connectivity index is 1.27. The van der Waals surface area contributed by atoms with Crippen molar-refractivity contribution >= 4 is 22.7 Å². The zero-order valence-electron chi connectivity index (χ0n) is 18.6. The number of benzene rings is 2. The second kappa shape index (κ2) is 10.6. The molecule has 1 unspecified atom stereocenters. The highest BCUT2D eigenvalue weighted by Gasteiger charge is 2.23. The summed E-state index contributed by atoms with van der Waals surface area (Å²) in [5, 5.41) is 10.7. The molecule has 0 aliphatic heterocycles. The minimum Gasteiger partial charge on any atom is -0.481 e. The Labute approximate surface area is 189 Å². The molecule has 2 aromatic carbocycles. The van der Waals surface area contributed by atoms with Crippen LogP contribution in [0.2, 0.25) is 0 Å². The molecule has 1 heterocycles. The van der Waals surface area contributed by atoms with Gasteiger partial charge >= 0.3 is 5.97 Å². The number of furan rings is 1. The first-order chi connectivity index (χ1) is 15.6. The van der Waals surface area contributed by atoms with E-state index in [1.807, 2.05) is 18.2 Å². The van der Waals surface area contributed by atoms with E-state index < -0.39 is 11.9 Å². The summed E-state index contributed by atoms with van der Waals surface area (Å²) in [6, 6.07) is 16.0. The van der Waals surface area contributed by atoms with Crippen molar-refractivity contribution in [2.24, 2.45) is 5.92 Å². The van der Waals surface area contributed by atoms with Crippen LogP contribution in [-0.2, 0) is 24.1 Å². The van der Waals surface area contributed by atoms with Gasteiger partial charge in [0, 0.05) is 29.4 Å². The minimum absolute atomic E-state index is 0.0469. The van der Waals surface area contributed by atoms with E-state index in [0.717, 1.165) is 68.1 Å². The third-order valence-corrected chi connectivity index (χ3v) is 6.67. The SMILES string of the molecule is O=C(CC(CCCCCCc1ccccc1)C(=O)O)c1ccc2c3c(oc2c1)CCCC3. The fourth-order valence-corrected chi connectivity index (χ4v) is 4.81. The minimum atomic E-state index is -0.878. The van der Waals surface area contributed by atoms with Crippen molar-refractivity contribution < 1.29 is 19.1 Å². The monoisotopic (exact) mass is 432 g/mol. The molecule has 4 heteroatoms. The van der Waals surface area contributed by atoms with Gasteiger partial charge in [-0.3, -0.25) is 9.59 Å². The van der Waals surface area contributed by atoms with Crippen molar-refractivity contribution in [3.63, 3.8) is 0 Å². The average molecular weight is 433 g/mol. The van der Waals surface area contributed by atoms with E-state index in [0.29, 0.717) is 12.0 Å². The fourth-order valence-electron chi connectivity index (χ4n) is 4.81. The molecule has 1 aliphatic rings. The number of carboxylic acid groups (broad SMARTS) is 1. The number of aryl methyl sites for hydroxylation is 3. The molecule has 0 fully saturated rings. The summed E-state index contributed by atoms with van der Waals surface area (Å²) in [6.45, 7) is 0. The van der Waals surface area contributed by atoms with Gasteiger partial charge in [0.05, 0.1) is 5.92 Å². The fraction of sp³-hybridized carbons (Fsp3) is 0.429. The number of Topliss-reactive ketones (excluding diaryl/α,β-unsaturated/α-hetero) is 1. The first kappa shape index (κ1) is 22.3. The molecule has 3 aromatic rings. The van der Waals surface area contributed by atoms with E-state index in [1.165, 1.54) is 17.5 Å². The molecule has 0 spiro atoms. The first-order valence-corrected chi connectivity index (χ1v) is 12.0. The summed E-state index contributed by atoms with van der Waals surface area (Å²) in [4.78, 5) is 24.6. The number of fused-ring (bicyclic) bond motifs is 3. The molecule has 168 valence electrons. The molecule has 1 aliphatic carbocycles. The second-order valence-electron chi connectivity index (χ2n) is 9.02. The van der Waals surface area contributed by atoms with Gasteiger partial charge < -0.3 is 9.52 Å². The summed E-state index contributed by atoms with van der Waals surface area (Å²) >= 11 is 0. The van der Waals surface area contributed by atoms with Gasteiger partial charge in [-0.2, -0.15) is 0 Å². The maximum atomic E-state index is 12.8. The normalized spacial score (nSPS) is 14.2. The Kier molecular flexibility index (Phi) is 7.41. The topological polar surface area (TPSA) is 67.5 Å². The van der Waals surface area contributed by atoms with Crippen LogP contribution in [0.1, 0.15) is 78.6 Å². The molecule has 1 N–H and O–H groups in total. The average Bonchev–Trinajstić information content (AvgIpc) is 3.18. The largest absolute Gasteiger partial charge is 0.481 e. The van der Waals surface area contributed by atoms with E-state index in [-0.39, 0.29) is 12.2 Å². The summed E-state index contributed by atoms with van der Waals surface area (Å²) in [6.07, 6.45) is 9.97. The maximum absolute atomic E-state index is 12.8. The highest BCUT2D eigenvalue weighted by atomic mass is 16.4. The number of rotatable bonds is 11. The molecule has 0 saturated carbocycles. The Bertz CT molecular complexity index is 1060. The molecular formula is C28H32O4. The molecule has 4 nitrogen and oxygen atoms in total. The lowest BCUT2D eigenvalue weighted by molar-refractivity contribution is -0.141. The van der Waals surface area contributed by atoms with E-state index in [9.17, 15) is 14.7 Å². The predicted molar refractivity (Wildman–Crippen MR) is 126 cm³/mol. The maximum Gasteiger partial charge on any atom is 0.306 e. The second-order valence-corrected chi connectivity index (χ2v) is 9.02. The Morgan fingerprint density at radius 2 is 1.72 bits per heavy atom. The van der Waals surface area contributed by atoms with Crippen molar-refractivity contribution in [3.05, 3.63) is 71.0 Å². The summed E-state index contributed by atoms with van der Waals surface area (Å²) in [7, 11) is 0. The van der Waals surface area contributed by atoms with Crippen LogP contribution in [0.15, 0.2) is 52.9 Å². The third kappa shape index (κ3) is 5.48. The predicted octanol–water partition coefficient (Wildman–Crippen LogP) is 6.78. The van der Waals surface area contributed by atoms with Crippen LogP contribution in [0.3, 0.4) is 0 Å². The molecule has 0 saturated heterocycles. The highest BCUT2D eigenvalue weighted by molar-refractivity contribution is 6.01. The lowest BCUT2D eigenvalue weighted by Crippen LogP contribution is -2.18. The van der Waals surface area contributed by atoms with Crippen molar-refractivity contribution in [1.29, 1.82) is 0 Å². The van der Waals surface area contributed by atoms with E-state index >= 15 is 0 Å². The van der Waals surface area contributed by atoms with Gasteiger partial charge in [-0.25, -0.2) is 0 Å². The third-order valence-electron chi connectivity index (χ3n) is 6.67. The quantitative estimate of drug-likeness (QED) is 0.268. The molecule has 4 rings (SSSR count). The van der Waals surface area contributed by atoms with Gasteiger partial charge in [-0.1, -0.05) is 61.7 Å². The number of unbranched alkanes of at least 4 members (excludes halogenated alkanes) is 3. The van der Waals surface area contributed by atoms with Crippen LogP contribution in [0.5, 0.6) is 0 Å². The van der Waals surface area contributed by atoms with Crippen LogP contribution in [0, 0.1) is 5.92 Å². The molecule has 0 bridgehead atoms. The van der Waals surface area contributed by atoms with Gasteiger partial charge in [0.25, 0.3) is 0 Å². The molecular weight excluding hydrogens is 400 g/mol. The first-order valence-electron chi connectivity index (χ1n) is 12.0. The smallest absolute Gasteiger partial charge is 0.306 e. The van der Waals surface area contributed by atoms with Gasteiger partial charge in [0.1, 0.15) is 11.3 Å². The van der Waals surface area contributed by atoms with E-state index in [1.54, 1.807) is 6.07 Å². The molecule has 0 amide bonds. The Morgan fingerprint density at radius 3 is 2.53 bits per heavy atom. The van der Waals surface area contributed by atoms with Gasteiger partial charge in [0.2, 0.25) is 0 Å². The number of ketones is 1. The van der Waals surface area contributed by atoms with Gasteiger partial charge in [-0.15, -0.1) is 0 Å². The Hall–Kier alpha value is -2.88. The summed E-state index contributed by atoms with van der Waals surface area (Å²) in [5.41, 5.74) is 3.93. The van der Waals surface area contributed by atoms with Gasteiger partial charge in [0.15, 0.2) is 5.78 Å². The van der Waals surface area contributed by atoms with Gasteiger partial charge in [-0.05, 0) is 50.2 Å². The zero-order chi connectivity index (χ0) is 22.3. The van der Waals surface area contributed by atoms with Crippen molar-refractivity contribution in [2.75, 3.05) is 0 Å². The zero-order valence-corrected chi connectivity index (χ0v) is 18.6. The number of hydrogen-bond acceptors (Lipinski definition) is 3. The standard InChI is InChI=1S/C28H32O4/c29-25(21-16-17-24-23-14-8-9-15-26(23)32-27(24)19-21)18-22(28(30)31)13-7-2-1-4-10-20-11-5-3-6-12-20/h3,5-6,11-12,16-17,19,22H,1-2,4,7-10,13-15,18H2,(H,30,31). The highest BCUT2D eigenvalue weighted by Crippen LogP contribution is 2.32. The number of carbonyl (C=O) groups is 2. The molecule has 1 atom stereocenters. The van der Waals surface area contributed by atoms with E-state index in [2.05, 4.69) is 24.3 Å². The lowest BCUT2D eigenvalue weighted by Gasteiger charge is -2.12. The number of carbonyl (C=O) groups excluding carboxylic acids is 1. The molecule has 1 aromatic heterocycles. The number of aliphatic carboxylic acids is 1. The summed E-state index contributed by atoms with van der Waals surface area (Å²) in [5.74, 6) is -0.571. The molecule has 0 radical (unpaired) electrons. The van der Waals surface area contributed by atoms with Crippen molar-refractivity contribution in [2.45, 2.75) is 70.6 Å². The number of carboxylic acids is 1. The van der Waals surface area contributed by atoms with Crippen LogP contribution in [-0.4, -0.2) is 16.9 Å². The van der Waals surface area contributed by atoms with Crippen LogP contribution >= 0.6 is 0 Å². The van der Waals surface area contributed by atoms with Crippen molar-refractivity contribution in [3.8, 4) is 0 Å². The van der Waals surface area contributed by atoms with Crippen LogP contribution < -0.4 is 0 Å². The van der Waals surface area contributed by atoms with Crippen LogP contribution in [0.25, 0.3) is 11.0 Å². The summed E-state index contributed by atoms with van der Waals surface area (Å²) < 4.78 is 6.00. The van der Waals surface area contributed by atoms with Crippen LogP contribution in [0.4, 0.5) is 0 Å². The Morgan fingerprint density at radius 1 is 0.938 bits per heavy atom. The molecule has 32 heavy (non-hydrogen) atoms. The lowest BCUT2D eigenvalue weighted by atomic mass is 9.92. The van der Waals surface area contributed by atoms with E-state index in [4.69, 9.17) is 4.42 Å². The van der Waals surface area contributed by atoms with Crippen molar-refractivity contribution in [1.82, 2.24) is 0 Å². The number of hydrogen-bond donors (Lipinski definition) is 1.